The molecule has 2 rings (SSSR count). The molecule has 144 valence electrons. The van der Waals surface area contributed by atoms with Crippen molar-refractivity contribution < 1.29 is 4.57 Å². The second-order valence-electron chi connectivity index (χ2n) is 8.13. The summed E-state index contributed by atoms with van der Waals surface area (Å²) in [7, 11) is 0. The Morgan fingerprint density at radius 1 is 0.923 bits per heavy atom. The maximum Gasteiger partial charge on any atom is 0.241 e. The van der Waals surface area contributed by atoms with Gasteiger partial charge in [0.2, 0.25) is 6.33 Å². The fourth-order valence-corrected chi connectivity index (χ4v) is 4.10. The Labute approximate surface area is 161 Å². The first kappa shape index (κ1) is 20.7. The molecule has 0 aliphatic carbocycles. The Morgan fingerprint density at radius 3 is 2.23 bits per heavy atom. The molecule has 0 saturated heterocycles. The average molecular weight is 356 g/mol. The van der Waals surface area contributed by atoms with Crippen LogP contribution in [0.2, 0.25) is 0 Å². The van der Waals surface area contributed by atoms with Crippen LogP contribution in [0.15, 0.2) is 49.1 Å². The summed E-state index contributed by atoms with van der Waals surface area (Å²) >= 11 is 0. The molecule has 0 fully saturated rings. The van der Waals surface area contributed by atoms with E-state index < -0.39 is 0 Å². The molecular formula is C24H39N2+. The van der Waals surface area contributed by atoms with Gasteiger partial charge < -0.3 is 0 Å². The lowest BCUT2D eigenvalue weighted by atomic mass is 9.81. The smallest absolute Gasteiger partial charge is 0.241 e. The maximum absolute atomic E-state index is 3.26. The number of nitrogens with one attached hydrogen (secondary N) is 1. The third kappa shape index (κ3) is 6.97. The molecule has 2 nitrogen and oxygen atoms in total. The number of benzene rings is 1. The lowest BCUT2D eigenvalue weighted by Gasteiger charge is -2.28. The van der Waals surface area contributed by atoms with Gasteiger partial charge in [-0.25, -0.2) is 4.57 Å². The van der Waals surface area contributed by atoms with Gasteiger partial charge >= 0.3 is 0 Å². The quantitative estimate of drug-likeness (QED) is 0.312. The van der Waals surface area contributed by atoms with Gasteiger partial charge in [0.25, 0.3) is 0 Å². The van der Waals surface area contributed by atoms with E-state index in [-0.39, 0.29) is 0 Å². The monoisotopic (exact) mass is 355 g/mol. The normalized spacial score (nSPS) is 13.8. The van der Waals surface area contributed by atoms with Crippen LogP contribution >= 0.6 is 0 Å². The molecule has 0 aliphatic rings. The van der Waals surface area contributed by atoms with Crippen molar-refractivity contribution in [3.05, 3.63) is 54.6 Å². The summed E-state index contributed by atoms with van der Waals surface area (Å²) in [5, 5.41) is 0. The van der Waals surface area contributed by atoms with Gasteiger partial charge in [0.1, 0.15) is 18.4 Å². The molecule has 2 unspecified atom stereocenters. The standard InChI is InChI=1S/C24H38N2/c1-4-5-6-7-8-9-13-16-24(26-18-17-25-20-26)23(21(2)3)19-22-14-11-10-12-15-22/h10-12,14-15,17-18,20-21,23-24H,4-9,13,16,19H2,1-3H3/p+1. The van der Waals surface area contributed by atoms with E-state index in [4.69, 9.17) is 0 Å². The minimum absolute atomic E-state index is 0.581. The predicted molar refractivity (Wildman–Crippen MR) is 111 cm³/mol. The highest BCUT2D eigenvalue weighted by molar-refractivity contribution is 5.15. The fourth-order valence-electron chi connectivity index (χ4n) is 4.10. The molecule has 1 N–H and O–H groups in total. The Hall–Kier alpha value is -1.57. The lowest BCUT2D eigenvalue weighted by molar-refractivity contribution is -0.731. The van der Waals surface area contributed by atoms with E-state index in [0.717, 1.165) is 6.42 Å². The van der Waals surface area contributed by atoms with E-state index in [2.05, 4.69) is 79.4 Å². The van der Waals surface area contributed by atoms with Crippen molar-refractivity contribution in [3.63, 3.8) is 0 Å². The van der Waals surface area contributed by atoms with E-state index in [1.165, 1.54) is 56.9 Å². The second-order valence-corrected chi connectivity index (χ2v) is 8.13. The number of nitrogens with zero attached hydrogens (tertiary/aromatic N) is 1. The first-order valence-electron chi connectivity index (χ1n) is 10.8. The summed E-state index contributed by atoms with van der Waals surface area (Å²) in [4.78, 5) is 3.26. The van der Waals surface area contributed by atoms with E-state index in [1.807, 2.05) is 0 Å². The SMILES string of the molecule is CCCCCCCCCC(C(Cc1ccccc1)C(C)C)[n+]1cc[nH]c1. The average Bonchev–Trinajstić information content (AvgIpc) is 3.18. The highest BCUT2D eigenvalue weighted by Crippen LogP contribution is 2.30. The third-order valence-corrected chi connectivity index (χ3v) is 5.72. The van der Waals surface area contributed by atoms with Crippen LogP contribution in [-0.2, 0) is 6.42 Å². The van der Waals surface area contributed by atoms with Crippen LogP contribution in [0.25, 0.3) is 0 Å². The van der Waals surface area contributed by atoms with Crippen LogP contribution < -0.4 is 4.57 Å². The zero-order valence-corrected chi connectivity index (χ0v) is 17.2. The number of unbranched alkanes of at least 4 members (excludes halogenated alkanes) is 6. The zero-order valence-electron chi connectivity index (χ0n) is 17.2. The number of hydrogen-bond acceptors (Lipinski definition) is 0. The Kier molecular flexibility index (Phi) is 9.52. The van der Waals surface area contributed by atoms with Gasteiger partial charge in [0, 0.05) is 5.92 Å². The Bertz CT molecular complexity index is 559. The molecule has 1 aromatic carbocycles. The number of aromatic nitrogens is 2. The Balaban J connectivity index is 1.95. The van der Waals surface area contributed by atoms with E-state index in [9.17, 15) is 0 Å². The third-order valence-electron chi connectivity index (χ3n) is 5.72. The predicted octanol–water partition coefficient (Wildman–Crippen LogP) is 6.50. The van der Waals surface area contributed by atoms with Crippen LogP contribution in [0.3, 0.4) is 0 Å². The van der Waals surface area contributed by atoms with Gasteiger partial charge in [-0.1, -0.05) is 89.6 Å². The van der Waals surface area contributed by atoms with Crippen LogP contribution in [-0.4, -0.2) is 4.98 Å². The summed E-state index contributed by atoms with van der Waals surface area (Å²) < 4.78 is 2.42. The molecule has 0 amide bonds. The maximum atomic E-state index is 3.26. The minimum atomic E-state index is 0.581. The van der Waals surface area contributed by atoms with E-state index in [0.29, 0.717) is 17.9 Å². The topological polar surface area (TPSA) is 19.7 Å². The van der Waals surface area contributed by atoms with Gasteiger partial charge in [-0.05, 0) is 30.7 Å². The highest BCUT2D eigenvalue weighted by atomic mass is 15.1. The molecule has 0 spiro atoms. The molecule has 26 heavy (non-hydrogen) atoms. The van der Waals surface area contributed by atoms with E-state index in [1.54, 1.807) is 0 Å². The summed E-state index contributed by atoms with van der Waals surface area (Å²) in [6, 6.07) is 11.6. The van der Waals surface area contributed by atoms with Crippen molar-refractivity contribution in [1.29, 1.82) is 0 Å². The zero-order chi connectivity index (χ0) is 18.6. The summed E-state index contributed by atoms with van der Waals surface area (Å²) in [5.74, 6) is 1.34. The van der Waals surface area contributed by atoms with Crippen LogP contribution in [0.1, 0.15) is 83.7 Å². The molecule has 0 bridgehead atoms. The molecule has 1 heterocycles. The number of hydrogen-bond donors (Lipinski definition) is 1. The fraction of sp³-hybridized carbons (Fsp3) is 0.625. The van der Waals surface area contributed by atoms with Crippen molar-refractivity contribution in [2.24, 2.45) is 11.8 Å². The number of aromatic amines is 1. The van der Waals surface area contributed by atoms with Crippen LogP contribution in [0, 0.1) is 11.8 Å². The van der Waals surface area contributed by atoms with Gasteiger partial charge in [0.05, 0.1) is 0 Å². The molecule has 2 heteroatoms. The first-order valence-corrected chi connectivity index (χ1v) is 10.8. The number of H-pyrrole nitrogens is 1. The molecule has 1 aromatic heterocycles. The van der Waals surface area contributed by atoms with Gasteiger partial charge in [-0.2, -0.15) is 0 Å². The van der Waals surface area contributed by atoms with Crippen LogP contribution in [0.4, 0.5) is 0 Å². The molecule has 2 atom stereocenters. The van der Waals surface area contributed by atoms with Crippen molar-refractivity contribution in [2.45, 2.75) is 84.6 Å². The second kappa shape index (κ2) is 11.9. The highest BCUT2D eigenvalue weighted by Gasteiger charge is 2.29. The van der Waals surface area contributed by atoms with Crippen LogP contribution in [0.5, 0.6) is 0 Å². The summed E-state index contributed by atoms with van der Waals surface area (Å²) in [5.41, 5.74) is 1.46. The number of rotatable bonds is 13. The largest absolute Gasteiger partial charge is 0.250 e. The molecular weight excluding hydrogens is 316 g/mol. The van der Waals surface area contributed by atoms with Crippen molar-refractivity contribution in [3.8, 4) is 0 Å². The van der Waals surface area contributed by atoms with Gasteiger partial charge in [-0.3, -0.25) is 4.98 Å². The summed E-state index contributed by atoms with van der Waals surface area (Å²) in [6.45, 7) is 7.06. The molecule has 0 radical (unpaired) electrons. The first-order chi connectivity index (χ1) is 12.7. The molecule has 0 aliphatic heterocycles. The van der Waals surface area contributed by atoms with E-state index >= 15 is 0 Å². The van der Waals surface area contributed by atoms with Gasteiger partial charge in [0.15, 0.2) is 0 Å². The van der Waals surface area contributed by atoms with Crippen molar-refractivity contribution >= 4 is 0 Å². The Morgan fingerprint density at radius 2 is 1.62 bits per heavy atom. The van der Waals surface area contributed by atoms with Gasteiger partial charge in [-0.15, -0.1) is 0 Å². The summed E-state index contributed by atoms with van der Waals surface area (Å²) in [6.07, 6.45) is 18.5. The number of imidazole rings is 1. The minimum Gasteiger partial charge on any atom is -0.250 e. The molecule has 0 saturated carbocycles. The van der Waals surface area contributed by atoms with Crippen molar-refractivity contribution in [2.75, 3.05) is 0 Å². The molecule has 2 aromatic rings. The lowest BCUT2D eigenvalue weighted by Crippen LogP contribution is -2.44. The van der Waals surface area contributed by atoms with Crippen molar-refractivity contribution in [1.82, 2.24) is 4.98 Å².